The first kappa shape index (κ1) is 11.2. The summed E-state index contributed by atoms with van der Waals surface area (Å²) in [5.41, 5.74) is 7.47. The van der Waals surface area contributed by atoms with Gasteiger partial charge in [0.2, 0.25) is 0 Å². The molecule has 0 unspecified atom stereocenters. The molecule has 2 N–H and O–H groups in total. The van der Waals surface area contributed by atoms with Gasteiger partial charge in [-0.25, -0.2) is 4.98 Å². The third-order valence-corrected chi connectivity index (χ3v) is 3.11. The minimum atomic E-state index is 0.495. The van der Waals surface area contributed by atoms with Crippen molar-refractivity contribution in [2.45, 2.75) is 6.92 Å². The molecule has 0 spiro atoms. The number of aromatic nitrogens is 1. The Morgan fingerprint density at radius 2 is 2.19 bits per heavy atom. The lowest BCUT2D eigenvalue weighted by molar-refractivity contribution is 0.147. The number of thiazole rings is 1. The van der Waals surface area contributed by atoms with Crippen LogP contribution in [0.4, 0.5) is 5.69 Å². The molecular weight excluding hydrogens is 224 g/mol. The minimum absolute atomic E-state index is 0.495. The topological polar surface area (TPSA) is 57.4 Å². The van der Waals surface area contributed by atoms with E-state index >= 15 is 0 Å². The SMILES string of the molecule is COCCOc1cc2nc(C)sc2cc1N. The molecule has 1 heterocycles. The number of anilines is 1. The summed E-state index contributed by atoms with van der Waals surface area (Å²) in [6.45, 7) is 3.02. The molecule has 0 bridgehead atoms. The first-order valence-electron chi connectivity index (χ1n) is 4.99. The quantitative estimate of drug-likeness (QED) is 0.655. The summed E-state index contributed by atoms with van der Waals surface area (Å²) in [7, 11) is 1.64. The van der Waals surface area contributed by atoms with Gasteiger partial charge in [0.1, 0.15) is 12.4 Å². The maximum Gasteiger partial charge on any atom is 0.144 e. The van der Waals surface area contributed by atoms with Gasteiger partial charge in [0.05, 0.1) is 27.5 Å². The Hall–Kier alpha value is -1.33. The van der Waals surface area contributed by atoms with E-state index in [1.807, 2.05) is 19.1 Å². The smallest absolute Gasteiger partial charge is 0.144 e. The number of nitrogens with two attached hydrogens (primary N) is 1. The zero-order valence-electron chi connectivity index (χ0n) is 9.32. The van der Waals surface area contributed by atoms with Crippen molar-refractivity contribution in [1.29, 1.82) is 0 Å². The Morgan fingerprint density at radius 1 is 1.38 bits per heavy atom. The van der Waals surface area contributed by atoms with Crippen LogP contribution in [-0.4, -0.2) is 25.3 Å². The van der Waals surface area contributed by atoms with Crippen molar-refractivity contribution in [3.05, 3.63) is 17.1 Å². The van der Waals surface area contributed by atoms with E-state index < -0.39 is 0 Å². The molecule has 0 fully saturated rings. The van der Waals surface area contributed by atoms with Gasteiger partial charge in [-0.1, -0.05) is 0 Å². The van der Waals surface area contributed by atoms with E-state index in [1.165, 1.54) is 0 Å². The highest BCUT2D eigenvalue weighted by Gasteiger charge is 2.06. The van der Waals surface area contributed by atoms with Gasteiger partial charge in [0.25, 0.3) is 0 Å². The molecule has 0 amide bonds. The van der Waals surface area contributed by atoms with Crippen molar-refractivity contribution in [3.8, 4) is 5.75 Å². The summed E-state index contributed by atoms with van der Waals surface area (Å²) in [6.07, 6.45) is 0. The van der Waals surface area contributed by atoms with Crippen LogP contribution in [0.25, 0.3) is 10.2 Å². The summed E-state index contributed by atoms with van der Waals surface area (Å²) >= 11 is 1.63. The second kappa shape index (κ2) is 4.67. The number of fused-ring (bicyclic) bond motifs is 1. The summed E-state index contributed by atoms with van der Waals surface area (Å²) in [4.78, 5) is 4.39. The van der Waals surface area contributed by atoms with E-state index in [2.05, 4.69) is 4.98 Å². The van der Waals surface area contributed by atoms with Crippen molar-refractivity contribution in [3.63, 3.8) is 0 Å². The first-order chi connectivity index (χ1) is 7.70. The maximum absolute atomic E-state index is 5.89. The Kier molecular flexibility index (Phi) is 3.26. The molecule has 0 aliphatic rings. The van der Waals surface area contributed by atoms with Gasteiger partial charge in [-0.3, -0.25) is 0 Å². The van der Waals surface area contributed by atoms with Crippen LogP contribution in [0, 0.1) is 6.92 Å². The second-order valence-corrected chi connectivity index (χ2v) is 4.67. The number of nitrogens with zero attached hydrogens (tertiary/aromatic N) is 1. The highest BCUT2D eigenvalue weighted by atomic mass is 32.1. The molecule has 0 radical (unpaired) electrons. The molecular formula is C11H14N2O2S. The van der Waals surface area contributed by atoms with Crippen molar-refractivity contribution >= 4 is 27.2 Å². The summed E-state index contributed by atoms with van der Waals surface area (Å²) in [6, 6.07) is 3.78. The van der Waals surface area contributed by atoms with E-state index in [4.69, 9.17) is 15.2 Å². The lowest BCUT2D eigenvalue weighted by Gasteiger charge is -2.07. The van der Waals surface area contributed by atoms with E-state index in [0.717, 1.165) is 15.2 Å². The Balaban J connectivity index is 2.27. The van der Waals surface area contributed by atoms with Gasteiger partial charge in [-0.2, -0.15) is 0 Å². The first-order valence-corrected chi connectivity index (χ1v) is 5.81. The third kappa shape index (κ3) is 2.25. The third-order valence-electron chi connectivity index (χ3n) is 2.17. The van der Waals surface area contributed by atoms with Crippen LogP contribution < -0.4 is 10.5 Å². The molecule has 1 aromatic carbocycles. The molecule has 0 atom stereocenters. The molecule has 0 saturated carbocycles. The van der Waals surface area contributed by atoms with E-state index in [-0.39, 0.29) is 0 Å². The number of hydrogen-bond donors (Lipinski definition) is 1. The lowest BCUT2D eigenvalue weighted by Crippen LogP contribution is -2.05. The van der Waals surface area contributed by atoms with Gasteiger partial charge in [-0.05, 0) is 13.0 Å². The van der Waals surface area contributed by atoms with Crippen LogP contribution in [0.3, 0.4) is 0 Å². The Bertz CT molecular complexity index is 496. The largest absolute Gasteiger partial charge is 0.489 e. The highest BCUT2D eigenvalue weighted by Crippen LogP contribution is 2.31. The predicted molar refractivity (Wildman–Crippen MR) is 66.1 cm³/mol. The van der Waals surface area contributed by atoms with E-state index in [1.54, 1.807) is 18.4 Å². The number of hydrogen-bond acceptors (Lipinski definition) is 5. The van der Waals surface area contributed by atoms with Crippen LogP contribution in [0.5, 0.6) is 5.75 Å². The Labute approximate surface area is 98.0 Å². The molecule has 2 rings (SSSR count). The molecule has 1 aromatic heterocycles. The molecule has 0 aliphatic carbocycles. The van der Waals surface area contributed by atoms with Crippen molar-refractivity contribution in [2.75, 3.05) is 26.1 Å². The standard InChI is InChI=1S/C11H14N2O2S/c1-7-13-9-6-10(15-4-3-14-2)8(12)5-11(9)16-7/h5-6H,3-4,12H2,1-2H3. The van der Waals surface area contributed by atoms with E-state index in [0.29, 0.717) is 24.7 Å². The van der Waals surface area contributed by atoms with Crippen molar-refractivity contribution < 1.29 is 9.47 Å². The minimum Gasteiger partial charge on any atom is -0.489 e. The van der Waals surface area contributed by atoms with Crippen LogP contribution in [0.15, 0.2) is 12.1 Å². The zero-order chi connectivity index (χ0) is 11.5. The number of benzene rings is 1. The summed E-state index contributed by atoms with van der Waals surface area (Å²) < 4.78 is 11.5. The average Bonchev–Trinajstić information content (AvgIpc) is 2.58. The van der Waals surface area contributed by atoms with E-state index in [9.17, 15) is 0 Å². The number of methoxy groups -OCH3 is 1. The average molecular weight is 238 g/mol. The fraction of sp³-hybridized carbons (Fsp3) is 0.364. The van der Waals surface area contributed by atoms with Crippen LogP contribution in [0.2, 0.25) is 0 Å². The van der Waals surface area contributed by atoms with Crippen LogP contribution in [-0.2, 0) is 4.74 Å². The monoisotopic (exact) mass is 238 g/mol. The number of nitrogen functional groups attached to an aromatic ring is 1. The maximum atomic E-state index is 5.89. The van der Waals surface area contributed by atoms with Gasteiger partial charge in [-0.15, -0.1) is 11.3 Å². The molecule has 16 heavy (non-hydrogen) atoms. The number of ether oxygens (including phenoxy) is 2. The molecule has 86 valence electrons. The summed E-state index contributed by atoms with van der Waals surface area (Å²) in [5, 5.41) is 1.03. The number of aryl methyl sites for hydroxylation is 1. The van der Waals surface area contributed by atoms with Crippen LogP contribution >= 0.6 is 11.3 Å². The van der Waals surface area contributed by atoms with Gasteiger partial charge in [0, 0.05) is 13.2 Å². The summed E-state index contributed by atoms with van der Waals surface area (Å²) in [5.74, 6) is 0.676. The van der Waals surface area contributed by atoms with Gasteiger partial charge < -0.3 is 15.2 Å². The fourth-order valence-corrected chi connectivity index (χ4v) is 2.30. The fourth-order valence-electron chi connectivity index (χ4n) is 1.45. The van der Waals surface area contributed by atoms with Crippen LogP contribution in [0.1, 0.15) is 5.01 Å². The van der Waals surface area contributed by atoms with Crippen molar-refractivity contribution in [1.82, 2.24) is 4.98 Å². The van der Waals surface area contributed by atoms with Gasteiger partial charge >= 0.3 is 0 Å². The van der Waals surface area contributed by atoms with Gasteiger partial charge in [0.15, 0.2) is 0 Å². The second-order valence-electron chi connectivity index (χ2n) is 3.43. The molecule has 0 aliphatic heterocycles. The number of rotatable bonds is 4. The normalized spacial score (nSPS) is 10.9. The highest BCUT2D eigenvalue weighted by molar-refractivity contribution is 7.18. The molecule has 0 saturated heterocycles. The lowest BCUT2D eigenvalue weighted by atomic mass is 10.3. The molecule has 4 nitrogen and oxygen atoms in total. The molecule has 2 aromatic rings. The van der Waals surface area contributed by atoms with Crippen molar-refractivity contribution in [2.24, 2.45) is 0 Å². The molecule has 5 heteroatoms. The zero-order valence-corrected chi connectivity index (χ0v) is 10.1. The Morgan fingerprint density at radius 3 is 2.94 bits per heavy atom. The predicted octanol–water partition coefficient (Wildman–Crippen LogP) is 2.21.